The lowest BCUT2D eigenvalue weighted by atomic mass is 9.98. The molecule has 0 bridgehead atoms. The molecule has 0 saturated heterocycles. The van der Waals surface area contributed by atoms with Crippen LogP contribution in [0.1, 0.15) is 38.2 Å². The van der Waals surface area contributed by atoms with Gasteiger partial charge in [0.25, 0.3) is 11.5 Å². The third kappa shape index (κ3) is 4.37. The Labute approximate surface area is 174 Å². The van der Waals surface area contributed by atoms with E-state index in [0.717, 1.165) is 29.3 Å². The maximum absolute atomic E-state index is 13.7. The Balaban J connectivity index is 1.58. The highest BCUT2D eigenvalue weighted by Crippen LogP contribution is 2.33. The molecule has 1 aromatic heterocycles. The number of carbonyl (C=O) groups excluding carboxylic acids is 1. The summed E-state index contributed by atoms with van der Waals surface area (Å²) in [5.74, 6) is 0.311. The molecule has 1 saturated carbocycles. The van der Waals surface area contributed by atoms with Crippen molar-refractivity contribution in [3.05, 3.63) is 70.3 Å². The van der Waals surface area contributed by atoms with E-state index in [1.807, 2.05) is 16.7 Å². The number of ether oxygens (including phenoxy) is 1. The van der Waals surface area contributed by atoms with Gasteiger partial charge in [0.05, 0.1) is 11.2 Å². The summed E-state index contributed by atoms with van der Waals surface area (Å²) >= 11 is 0. The van der Waals surface area contributed by atoms with Gasteiger partial charge in [-0.25, -0.2) is 4.39 Å². The molecule has 1 fully saturated rings. The average Bonchev–Trinajstić information content (AvgIpc) is 3.54. The molecule has 30 heavy (non-hydrogen) atoms. The molecule has 0 spiro atoms. The highest BCUT2D eigenvalue weighted by molar-refractivity contribution is 5.92. The van der Waals surface area contributed by atoms with Crippen molar-refractivity contribution in [1.29, 1.82) is 0 Å². The largest absolute Gasteiger partial charge is 0.484 e. The van der Waals surface area contributed by atoms with Gasteiger partial charge in [0.1, 0.15) is 11.6 Å². The predicted molar refractivity (Wildman–Crippen MR) is 116 cm³/mol. The number of rotatable bonds is 7. The third-order valence-corrected chi connectivity index (χ3v) is 5.39. The van der Waals surface area contributed by atoms with E-state index < -0.39 is 11.7 Å². The SMILES string of the molecule is CC(C)c1cc(=O)n(CC2CC2)c2cc(OCC(=O)Nc3ccccc3F)ccc12. The van der Waals surface area contributed by atoms with Gasteiger partial charge in [0, 0.05) is 24.1 Å². The Morgan fingerprint density at radius 1 is 1.20 bits per heavy atom. The predicted octanol–water partition coefficient (Wildman–Crippen LogP) is 4.69. The molecule has 1 aliphatic carbocycles. The number of pyridine rings is 1. The number of nitrogens with zero attached hydrogens (tertiary/aromatic N) is 1. The van der Waals surface area contributed by atoms with Crippen LogP contribution in [0.3, 0.4) is 0 Å². The van der Waals surface area contributed by atoms with E-state index in [4.69, 9.17) is 4.74 Å². The first-order valence-corrected chi connectivity index (χ1v) is 10.3. The summed E-state index contributed by atoms with van der Waals surface area (Å²) in [5, 5.41) is 3.52. The number of hydrogen-bond acceptors (Lipinski definition) is 3. The summed E-state index contributed by atoms with van der Waals surface area (Å²) in [7, 11) is 0. The molecular weight excluding hydrogens is 383 g/mol. The fourth-order valence-corrected chi connectivity index (χ4v) is 3.60. The minimum Gasteiger partial charge on any atom is -0.484 e. The van der Waals surface area contributed by atoms with Gasteiger partial charge in [0.15, 0.2) is 6.61 Å². The van der Waals surface area contributed by atoms with Crippen molar-refractivity contribution in [2.24, 2.45) is 5.92 Å². The number of para-hydroxylation sites is 1. The monoisotopic (exact) mass is 408 g/mol. The van der Waals surface area contributed by atoms with Gasteiger partial charge in [0.2, 0.25) is 0 Å². The quantitative estimate of drug-likeness (QED) is 0.617. The molecular formula is C24H25FN2O3. The number of nitrogens with one attached hydrogen (secondary N) is 1. The molecule has 0 atom stereocenters. The van der Waals surface area contributed by atoms with Crippen molar-refractivity contribution in [3.8, 4) is 5.75 Å². The first-order chi connectivity index (χ1) is 14.4. The maximum Gasteiger partial charge on any atom is 0.262 e. The average molecular weight is 408 g/mol. The van der Waals surface area contributed by atoms with Crippen molar-refractivity contribution in [1.82, 2.24) is 4.57 Å². The highest BCUT2D eigenvalue weighted by atomic mass is 19.1. The van der Waals surface area contributed by atoms with E-state index in [9.17, 15) is 14.0 Å². The lowest BCUT2D eigenvalue weighted by Crippen LogP contribution is -2.23. The van der Waals surface area contributed by atoms with Gasteiger partial charge in [-0.3, -0.25) is 9.59 Å². The Kier molecular flexibility index (Phi) is 5.57. The summed E-state index contributed by atoms with van der Waals surface area (Å²) in [4.78, 5) is 24.9. The number of amides is 1. The Morgan fingerprint density at radius 2 is 1.97 bits per heavy atom. The minimum atomic E-state index is -0.498. The smallest absolute Gasteiger partial charge is 0.262 e. The maximum atomic E-state index is 13.7. The fraction of sp³-hybridized carbons (Fsp3) is 0.333. The van der Waals surface area contributed by atoms with Gasteiger partial charge in [-0.2, -0.15) is 0 Å². The molecule has 6 heteroatoms. The summed E-state index contributed by atoms with van der Waals surface area (Å²) in [6, 6.07) is 13.3. The van der Waals surface area contributed by atoms with E-state index in [-0.39, 0.29) is 23.8 Å². The summed E-state index contributed by atoms with van der Waals surface area (Å²) in [5.41, 5.74) is 1.94. The zero-order chi connectivity index (χ0) is 21.3. The van der Waals surface area contributed by atoms with Crippen LogP contribution in [0.15, 0.2) is 53.3 Å². The van der Waals surface area contributed by atoms with E-state index in [2.05, 4.69) is 19.2 Å². The first kappa shape index (κ1) is 20.1. The van der Waals surface area contributed by atoms with Gasteiger partial charge >= 0.3 is 0 Å². The molecule has 1 aliphatic rings. The van der Waals surface area contributed by atoms with Crippen LogP contribution in [0.5, 0.6) is 5.75 Å². The molecule has 0 unspecified atom stereocenters. The van der Waals surface area contributed by atoms with Crippen LogP contribution >= 0.6 is 0 Å². The Bertz CT molecular complexity index is 1150. The van der Waals surface area contributed by atoms with E-state index in [1.165, 1.54) is 12.1 Å². The van der Waals surface area contributed by atoms with Crippen LogP contribution in [0.25, 0.3) is 10.9 Å². The lowest BCUT2D eigenvalue weighted by molar-refractivity contribution is -0.118. The van der Waals surface area contributed by atoms with Crippen molar-refractivity contribution in [3.63, 3.8) is 0 Å². The number of halogens is 1. The number of aromatic nitrogens is 1. The van der Waals surface area contributed by atoms with E-state index in [1.54, 1.807) is 24.3 Å². The molecule has 4 rings (SSSR count). The molecule has 3 aromatic rings. The summed E-state index contributed by atoms with van der Waals surface area (Å²) < 4.78 is 21.2. The fourth-order valence-electron chi connectivity index (χ4n) is 3.60. The minimum absolute atomic E-state index is 0.00690. The second kappa shape index (κ2) is 8.30. The van der Waals surface area contributed by atoms with Crippen LogP contribution in [0.2, 0.25) is 0 Å². The van der Waals surface area contributed by atoms with Crippen LogP contribution < -0.4 is 15.6 Å². The van der Waals surface area contributed by atoms with Crippen LogP contribution in [0.4, 0.5) is 10.1 Å². The standard InChI is InChI=1S/C24H25FN2O3/c1-15(2)19-12-24(29)27(13-16-7-8-16)22-11-17(9-10-18(19)22)30-14-23(28)26-21-6-4-3-5-20(21)25/h3-6,9-12,15-16H,7-8,13-14H2,1-2H3,(H,26,28). The third-order valence-electron chi connectivity index (χ3n) is 5.39. The molecule has 156 valence electrons. The second-order valence-corrected chi connectivity index (χ2v) is 8.14. The van der Waals surface area contributed by atoms with Crippen LogP contribution in [0, 0.1) is 11.7 Å². The molecule has 5 nitrogen and oxygen atoms in total. The van der Waals surface area contributed by atoms with Crippen molar-refractivity contribution in [2.75, 3.05) is 11.9 Å². The highest BCUT2D eigenvalue weighted by Gasteiger charge is 2.24. The zero-order valence-corrected chi connectivity index (χ0v) is 17.2. The van der Waals surface area contributed by atoms with Gasteiger partial charge < -0.3 is 14.6 Å². The van der Waals surface area contributed by atoms with E-state index in [0.29, 0.717) is 18.2 Å². The number of carbonyl (C=O) groups is 1. The summed E-state index contributed by atoms with van der Waals surface area (Å²) in [6.45, 7) is 4.58. The normalized spacial score (nSPS) is 13.6. The number of anilines is 1. The molecule has 1 N–H and O–H groups in total. The van der Waals surface area contributed by atoms with E-state index >= 15 is 0 Å². The molecule has 1 amide bonds. The Morgan fingerprint density at radius 3 is 2.67 bits per heavy atom. The van der Waals surface area contributed by atoms with Crippen molar-refractivity contribution < 1.29 is 13.9 Å². The molecule has 1 heterocycles. The van der Waals surface area contributed by atoms with Crippen LogP contribution in [-0.2, 0) is 11.3 Å². The lowest BCUT2D eigenvalue weighted by Gasteiger charge is -2.16. The topological polar surface area (TPSA) is 60.3 Å². The van der Waals surface area contributed by atoms with Crippen LogP contribution in [-0.4, -0.2) is 17.1 Å². The van der Waals surface area contributed by atoms with Gasteiger partial charge in [-0.1, -0.05) is 26.0 Å². The first-order valence-electron chi connectivity index (χ1n) is 10.3. The summed E-state index contributed by atoms with van der Waals surface area (Å²) in [6.07, 6.45) is 2.29. The van der Waals surface area contributed by atoms with Crippen molar-refractivity contribution >= 4 is 22.5 Å². The number of hydrogen-bond donors (Lipinski definition) is 1. The zero-order valence-electron chi connectivity index (χ0n) is 17.2. The second-order valence-electron chi connectivity index (χ2n) is 8.14. The van der Waals surface area contributed by atoms with Gasteiger partial charge in [-0.15, -0.1) is 0 Å². The molecule has 0 radical (unpaired) electrons. The number of benzene rings is 2. The van der Waals surface area contributed by atoms with Crippen molar-refractivity contribution in [2.45, 2.75) is 39.2 Å². The number of fused-ring (bicyclic) bond motifs is 1. The molecule has 2 aromatic carbocycles. The van der Waals surface area contributed by atoms with Gasteiger partial charge in [-0.05, 0) is 54.5 Å². The molecule has 0 aliphatic heterocycles. The Hall–Kier alpha value is -3.15.